The number of hydrogen-bond acceptors (Lipinski definition) is 11. The van der Waals surface area contributed by atoms with Gasteiger partial charge >= 0.3 is 0 Å². The molecular weight excluding hydrogens is 695 g/mol. The number of nitrogens with zero attached hydrogens (tertiary/aromatic N) is 7. The van der Waals surface area contributed by atoms with Crippen molar-refractivity contribution in [1.29, 1.82) is 0 Å². The Balaban J connectivity index is 0.906. The molecule has 1 unspecified atom stereocenters. The van der Waals surface area contributed by atoms with Gasteiger partial charge in [0.1, 0.15) is 11.5 Å². The van der Waals surface area contributed by atoms with Crippen molar-refractivity contribution in [3.8, 4) is 0 Å². The third-order valence-electron chi connectivity index (χ3n) is 11.7. The van der Waals surface area contributed by atoms with Gasteiger partial charge in [0.25, 0.3) is 5.56 Å². The summed E-state index contributed by atoms with van der Waals surface area (Å²) >= 11 is 0. The molecule has 0 spiro atoms. The molecule has 4 aromatic rings. The third-order valence-corrected chi connectivity index (χ3v) is 11.7. The maximum Gasteiger partial charge on any atom is 0.263 e. The number of carbonyl (C=O) groups excluding carboxylic acids is 3. The van der Waals surface area contributed by atoms with Crippen LogP contribution in [0.2, 0.25) is 0 Å². The number of carbonyl (C=O) groups is 3. The number of piperidine rings is 1. The maximum atomic E-state index is 13.6. The average Bonchev–Trinajstić information content (AvgIpc) is 3.71. The fraction of sp³-hybridized carbons (Fsp3) is 0.500. The normalized spacial score (nSPS) is 18.8. The Morgan fingerprint density at radius 3 is 2.38 bits per heavy atom. The van der Waals surface area contributed by atoms with E-state index in [2.05, 4.69) is 67.3 Å². The molecule has 2 aliphatic heterocycles. The maximum absolute atomic E-state index is 13.6. The minimum Gasteiger partial charge on any atom is -0.372 e. The molecule has 7 rings (SSSR count). The minimum atomic E-state index is -0.262. The van der Waals surface area contributed by atoms with E-state index >= 15 is 0 Å². The topological polar surface area (TPSA) is 146 Å². The van der Waals surface area contributed by atoms with E-state index in [0.717, 1.165) is 100 Å². The van der Waals surface area contributed by atoms with E-state index < -0.39 is 0 Å². The number of aryl methyl sites for hydroxylation is 1. The summed E-state index contributed by atoms with van der Waals surface area (Å²) in [6.07, 6.45) is 9.51. The summed E-state index contributed by atoms with van der Waals surface area (Å²) in [5.74, 6) is 0.650. The summed E-state index contributed by atoms with van der Waals surface area (Å²) in [6.45, 7) is 14.5. The highest BCUT2D eigenvalue weighted by molar-refractivity contribution is 6.01. The molecule has 2 amide bonds. The van der Waals surface area contributed by atoms with Crippen LogP contribution in [0.25, 0.3) is 11.0 Å². The molecular formula is C42H53N9O4. The average molecular weight is 748 g/mol. The summed E-state index contributed by atoms with van der Waals surface area (Å²) in [6, 6.07) is 12.3. The second kappa shape index (κ2) is 16.7. The van der Waals surface area contributed by atoms with Gasteiger partial charge in [0.05, 0.1) is 23.4 Å². The first-order chi connectivity index (χ1) is 26.6. The van der Waals surface area contributed by atoms with E-state index in [-0.39, 0.29) is 40.7 Å². The molecule has 2 N–H and O–H groups in total. The zero-order valence-corrected chi connectivity index (χ0v) is 32.5. The SMILES string of the molecule is CCN(CCC(C)CN1CCN(c2ccc(Nc3ncc4c(C)c(C(C)=O)c(=O)n(C5CCCC5)c4n3)nc2)CC1)c1ccc([C@@H]2CCC(=O)NC2=O)cc1. The Hall–Kier alpha value is -5.17. The van der Waals surface area contributed by atoms with E-state index in [1.807, 2.05) is 24.4 Å². The lowest BCUT2D eigenvalue weighted by Gasteiger charge is -2.37. The first-order valence-corrected chi connectivity index (χ1v) is 19.9. The number of Topliss-reactive ketones (excluding diaryl/α,β-unsaturated/α-hetero) is 1. The molecule has 1 saturated carbocycles. The van der Waals surface area contributed by atoms with Crippen molar-refractivity contribution >= 4 is 51.8 Å². The molecule has 1 aliphatic carbocycles. The number of anilines is 4. The molecule has 1 aromatic carbocycles. The zero-order chi connectivity index (χ0) is 38.6. The van der Waals surface area contributed by atoms with Crippen LogP contribution in [0, 0.1) is 12.8 Å². The first-order valence-electron chi connectivity index (χ1n) is 19.9. The molecule has 3 fully saturated rings. The molecule has 3 aliphatic rings. The van der Waals surface area contributed by atoms with Crippen molar-refractivity contribution in [2.75, 3.05) is 60.9 Å². The highest BCUT2D eigenvalue weighted by atomic mass is 16.2. The number of piperazine rings is 1. The lowest BCUT2D eigenvalue weighted by Crippen LogP contribution is -2.47. The molecule has 2 atom stereocenters. The standard InChI is InChI=1S/C42H53N9O4/c1-5-49(31-12-10-30(11-13-31)34-15-17-37(53)46-40(34)54)19-18-27(2)26-48-20-22-50(23-21-48)33-14-16-36(43-24-33)45-42-44-25-35-28(3)38(29(4)52)41(55)51(39(35)47-42)32-8-6-7-9-32/h10-14,16,24-25,27,32,34H,5-9,15,17-23,26H2,1-4H3,(H,46,53,54)(H,43,44,45,47)/t27?,34-/m0/s1. The number of ketones is 1. The smallest absolute Gasteiger partial charge is 0.263 e. The zero-order valence-electron chi connectivity index (χ0n) is 32.5. The number of imide groups is 1. The second-order valence-electron chi connectivity index (χ2n) is 15.5. The van der Waals surface area contributed by atoms with E-state index in [4.69, 9.17) is 4.98 Å². The Labute approximate surface area is 322 Å². The van der Waals surface area contributed by atoms with Crippen LogP contribution in [0.5, 0.6) is 0 Å². The lowest BCUT2D eigenvalue weighted by molar-refractivity contribution is -0.134. The summed E-state index contributed by atoms with van der Waals surface area (Å²) in [5.41, 5.74) is 4.34. The molecule has 0 radical (unpaired) electrons. The fourth-order valence-corrected chi connectivity index (χ4v) is 8.57. The van der Waals surface area contributed by atoms with Gasteiger partial charge in [-0.15, -0.1) is 0 Å². The van der Waals surface area contributed by atoms with Crippen LogP contribution in [0.1, 0.15) is 99.2 Å². The predicted molar refractivity (Wildman–Crippen MR) is 215 cm³/mol. The number of nitrogens with one attached hydrogen (secondary N) is 2. The molecule has 13 heteroatoms. The summed E-state index contributed by atoms with van der Waals surface area (Å²) < 4.78 is 1.73. The molecule has 0 bridgehead atoms. The number of fused-ring (bicyclic) bond motifs is 1. The van der Waals surface area contributed by atoms with Crippen LogP contribution in [0.15, 0.2) is 53.6 Å². The number of amides is 2. The highest BCUT2D eigenvalue weighted by Crippen LogP contribution is 2.32. The Morgan fingerprint density at radius 2 is 1.73 bits per heavy atom. The van der Waals surface area contributed by atoms with Gasteiger partial charge in [0.15, 0.2) is 5.78 Å². The number of benzene rings is 1. The van der Waals surface area contributed by atoms with Crippen LogP contribution in [0.4, 0.5) is 23.1 Å². The highest BCUT2D eigenvalue weighted by Gasteiger charge is 2.29. The number of pyridine rings is 2. The molecule has 290 valence electrons. The Bertz CT molecular complexity index is 2090. The van der Waals surface area contributed by atoms with Gasteiger partial charge in [0, 0.05) is 75.5 Å². The molecule has 13 nitrogen and oxygen atoms in total. The van der Waals surface area contributed by atoms with E-state index in [9.17, 15) is 19.2 Å². The van der Waals surface area contributed by atoms with Crippen molar-refractivity contribution in [3.05, 3.63) is 75.8 Å². The van der Waals surface area contributed by atoms with Crippen LogP contribution in [-0.2, 0) is 9.59 Å². The van der Waals surface area contributed by atoms with Crippen LogP contribution in [0.3, 0.4) is 0 Å². The van der Waals surface area contributed by atoms with Gasteiger partial charge in [-0.05, 0) is 87.8 Å². The summed E-state index contributed by atoms with van der Waals surface area (Å²) in [5, 5.41) is 6.41. The van der Waals surface area contributed by atoms with Crippen LogP contribution in [-0.4, -0.2) is 87.8 Å². The van der Waals surface area contributed by atoms with Crippen molar-refractivity contribution in [2.45, 2.75) is 84.6 Å². The van der Waals surface area contributed by atoms with Gasteiger partial charge in [-0.2, -0.15) is 4.98 Å². The second-order valence-corrected chi connectivity index (χ2v) is 15.5. The van der Waals surface area contributed by atoms with Gasteiger partial charge in [0.2, 0.25) is 17.8 Å². The van der Waals surface area contributed by atoms with E-state index in [1.165, 1.54) is 6.92 Å². The fourth-order valence-electron chi connectivity index (χ4n) is 8.57. The van der Waals surface area contributed by atoms with Gasteiger partial charge in [-0.1, -0.05) is 31.9 Å². The largest absolute Gasteiger partial charge is 0.372 e. The van der Waals surface area contributed by atoms with Gasteiger partial charge < -0.3 is 15.1 Å². The van der Waals surface area contributed by atoms with Crippen LogP contribution >= 0.6 is 0 Å². The number of hydrogen-bond donors (Lipinski definition) is 2. The molecule has 55 heavy (non-hydrogen) atoms. The first kappa shape index (κ1) is 38.1. The summed E-state index contributed by atoms with van der Waals surface area (Å²) in [4.78, 5) is 71.2. The minimum absolute atomic E-state index is 0.0222. The van der Waals surface area contributed by atoms with Gasteiger partial charge in [-0.3, -0.25) is 34.0 Å². The monoisotopic (exact) mass is 747 g/mol. The van der Waals surface area contributed by atoms with Crippen molar-refractivity contribution in [3.63, 3.8) is 0 Å². The van der Waals surface area contributed by atoms with Crippen molar-refractivity contribution in [1.82, 2.24) is 29.7 Å². The third kappa shape index (κ3) is 8.41. The Kier molecular flexibility index (Phi) is 11.6. The number of rotatable bonds is 13. The molecule has 3 aromatic heterocycles. The van der Waals surface area contributed by atoms with Crippen molar-refractivity contribution < 1.29 is 14.4 Å². The van der Waals surface area contributed by atoms with E-state index in [0.29, 0.717) is 41.7 Å². The van der Waals surface area contributed by atoms with Crippen LogP contribution < -0.4 is 26.0 Å². The van der Waals surface area contributed by atoms with Gasteiger partial charge in [-0.25, -0.2) is 9.97 Å². The van der Waals surface area contributed by atoms with E-state index in [1.54, 1.807) is 17.7 Å². The lowest BCUT2D eigenvalue weighted by atomic mass is 9.90. The van der Waals surface area contributed by atoms with Crippen molar-refractivity contribution in [2.24, 2.45) is 5.92 Å². The summed E-state index contributed by atoms with van der Waals surface area (Å²) in [7, 11) is 0. The Morgan fingerprint density at radius 1 is 0.982 bits per heavy atom. The molecule has 5 heterocycles. The predicted octanol–water partition coefficient (Wildman–Crippen LogP) is 5.75. The quantitative estimate of drug-likeness (QED) is 0.127. The number of aromatic nitrogens is 4. The molecule has 2 saturated heterocycles.